The molecule has 3 aromatic rings. The van der Waals surface area contributed by atoms with E-state index in [1.807, 2.05) is 30.3 Å². The first-order valence-electron chi connectivity index (χ1n) is 7.58. The molecule has 2 aromatic carbocycles. The van der Waals surface area contributed by atoms with Crippen LogP contribution in [0, 0.1) is 5.82 Å². The van der Waals surface area contributed by atoms with E-state index in [0.29, 0.717) is 23.3 Å². The first kappa shape index (κ1) is 17.3. The molecule has 0 fully saturated rings. The van der Waals surface area contributed by atoms with Crippen molar-refractivity contribution in [1.29, 1.82) is 0 Å². The SMILES string of the molecule is COc1ccc(Cc2nnc(SCc3ccc(OC)c(F)c3)o2)cc1. The van der Waals surface area contributed by atoms with Crippen LogP contribution in [0.5, 0.6) is 11.5 Å². The maximum absolute atomic E-state index is 13.7. The van der Waals surface area contributed by atoms with Gasteiger partial charge in [0.05, 0.1) is 20.6 Å². The number of rotatable bonds is 7. The molecule has 0 saturated heterocycles. The van der Waals surface area contributed by atoms with Gasteiger partial charge in [-0.2, -0.15) is 0 Å². The van der Waals surface area contributed by atoms with Crippen molar-refractivity contribution in [2.45, 2.75) is 17.4 Å². The quantitative estimate of drug-likeness (QED) is 0.591. The highest BCUT2D eigenvalue weighted by Gasteiger charge is 2.09. The molecule has 0 amide bonds. The van der Waals surface area contributed by atoms with Crippen LogP contribution in [0.3, 0.4) is 0 Å². The highest BCUT2D eigenvalue weighted by Crippen LogP contribution is 2.25. The van der Waals surface area contributed by atoms with E-state index in [4.69, 9.17) is 13.9 Å². The predicted molar refractivity (Wildman–Crippen MR) is 92.6 cm³/mol. The first-order valence-corrected chi connectivity index (χ1v) is 8.57. The molecule has 0 atom stereocenters. The summed E-state index contributed by atoms with van der Waals surface area (Å²) >= 11 is 1.37. The smallest absolute Gasteiger partial charge is 0.276 e. The van der Waals surface area contributed by atoms with Gasteiger partial charge in [0.15, 0.2) is 11.6 Å². The first-order chi connectivity index (χ1) is 12.2. The fourth-order valence-electron chi connectivity index (χ4n) is 2.23. The Kier molecular flexibility index (Phi) is 5.55. The number of ether oxygens (including phenoxy) is 2. The van der Waals surface area contributed by atoms with Crippen LogP contribution in [0.15, 0.2) is 52.1 Å². The van der Waals surface area contributed by atoms with Crippen LogP contribution >= 0.6 is 11.8 Å². The predicted octanol–water partition coefficient (Wildman–Crippen LogP) is 4.11. The van der Waals surface area contributed by atoms with Gasteiger partial charge in [-0.25, -0.2) is 4.39 Å². The molecule has 130 valence electrons. The number of aromatic nitrogens is 2. The fourth-order valence-corrected chi connectivity index (χ4v) is 2.95. The molecule has 0 bridgehead atoms. The third kappa shape index (κ3) is 4.51. The van der Waals surface area contributed by atoms with Crippen molar-refractivity contribution in [2.75, 3.05) is 14.2 Å². The Morgan fingerprint density at radius 3 is 2.44 bits per heavy atom. The van der Waals surface area contributed by atoms with E-state index in [0.717, 1.165) is 16.9 Å². The Morgan fingerprint density at radius 2 is 1.76 bits per heavy atom. The minimum absolute atomic E-state index is 0.230. The monoisotopic (exact) mass is 360 g/mol. The molecule has 0 unspecified atom stereocenters. The van der Waals surface area contributed by atoms with Crippen LogP contribution < -0.4 is 9.47 Å². The van der Waals surface area contributed by atoms with Crippen molar-refractivity contribution in [3.63, 3.8) is 0 Å². The third-order valence-electron chi connectivity index (χ3n) is 3.54. The van der Waals surface area contributed by atoms with Gasteiger partial charge < -0.3 is 13.9 Å². The number of methoxy groups -OCH3 is 2. The van der Waals surface area contributed by atoms with Gasteiger partial charge in [0.25, 0.3) is 5.22 Å². The second-order valence-electron chi connectivity index (χ2n) is 5.24. The molecule has 0 aliphatic carbocycles. The average molecular weight is 360 g/mol. The van der Waals surface area contributed by atoms with E-state index in [-0.39, 0.29) is 11.6 Å². The molecule has 25 heavy (non-hydrogen) atoms. The molecular formula is C18H17FN2O3S. The Balaban J connectivity index is 1.58. The molecule has 0 aliphatic rings. The highest BCUT2D eigenvalue weighted by molar-refractivity contribution is 7.98. The summed E-state index contributed by atoms with van der Waals surface area (Å²) in [4.78, 5) is 0. The summed E-state index contributed by atoms with van der Waals surface area (Å²) in [6, 6.07) is 12.5. The number of thioether (sulfide) groups is 1. The standard InChI is InChI=1S/C18H17FN2O3S/c1-22-14-6-3-12(4-7-14)10-17-20-21-18(24-17)25-11-13-5-8-16(23-2)15(19)9-13/h3-9H,10-11H2,1-2H3. The van der Waals surface area contributed by atoms with Gasteiger partial charge in [-0.3, -0.25) is 0 Å². The van der Waals surface area contributed by atoms with E-state index < -0.39 is 0 Å². The fraction of sp³-hybridized carbons (Fsp3) is 0.222. The normalized spacial score (nSPS) is 10.7. The molecule has 0 aliphatic heterocycles. The van der Waals surface area contributed by atoms with Gasteiger partial charge >= 0.3 is 0 Å². The van der Waals surface area contributed by atoms with Crippen molar-refractivity contribution in [1.82, 2.24) is 10.2 Å². The second-order valence-corrected chi connectivity index (χ2v) is 6.17. The lowest BCUT2D eigenvalue weighted by Gasteiger charge is -2.03. The molecule has 0 saturated carbocycles. The highest BCUT2D eigenvalue weighted by atomic mass is 32.2. The summed E-state index contributed by atoms with van der Waals surface area (Å²) < 4.78 is 29.4. The number of hydrogen-bond acceptors (Lipinski definition) is 6. The van der Waals surface area contributed by atoms with Crippen LogP contribution in [0.4, 0.5) is 4.39 Å². The molecule has 0 N–H and O–H groups in total. The van der Waals surface area contributed by atoms with Crippen LogP contribution in [0.2, 0.25) is 0 Å². The van der Waals surface area contributed by atoms with E-state index >= 15 is 0 Å². The summed E-state index contributed by atoms with van der Waals surface area (Å²) in [7, 11) is 3.07. The summed E-state index contributed by atoms with van der Waals surface area (Å²) in [5.41, 5.74) is 1.87. The molecule has 5 nitrogen and oxygen atoms in total. The number of benzene rings is 2. The van der Waals surface area contributed by atoms with Gasteiger partial charge in [-0.15, -0.1) is 10.2 Å². The van der Waals surface area contributed by atoms with Crippen molar-refractivity contribution < 1.29 is 18.3 Å². The topological polar surface area (TPSA) is 57.4 Å². The minimum Gasteiger partial charge on any atom is -0.497 e. The van der Waals surface area contributed by atoms with Crippen molar-refractivity contribution in [3.8, 4) is 11.5 Å². The van der Waals surface area contributed by atoms with Gasteiger partial charge in [0, 0.05) is 5.75 Å². The molecule has 0 spiro atoms. The number of hydrogen-bond donors (Lipinski definition) is 0. The van der Waals surface area contributed by atoms with Crippen molar-refractivity contribution >= 4 is 11.8 Å². The van der Waals surface area contributed by atoms with E-state index in [1.165, 1.54) is 24.9 Å². The summed E-state index contributed by atoms with van der Waals surface area (Å²) in [6.45, 7) is 0. The van der Waals surface area contributed by atoms with Crippen LogP contribution in [0.25, 0.3) is 0 Å². The molecule has 0 radical (unpaired) electrons. The lowest BCUT2D eigenvalue weighted by atomic mass is 10.1. The Hall–Kier alpha value is -2.54. The van der Waals surface area contributed by atoms with E-state index in [2.05, 4.69) is 10.2 Å². The molecule has 1 heterocycles. The number of halogens is 1. The molecular weight excluding hydrogens is 343 g/mol. The summed E-state index contributed by atoms with van der Waals surface area (Å²) in [5.74, 6) is 1.72. The average Bonchev–Trinajstić information content (AvgIpc) is 3.08. The van der Waals surface area contributed by atoms with E-state index in [9.17, 15) is 4.39 Å². The van der Waals surface area contributed by atoms with Crippen LogP contribution in [0.1, 0.15) is 17.0 Å². The maximum atomic E-state index is 13.7. The third-order valence-corrected chi connectivity index (χ3v) is 4.43. The maximum Gasteiger partial charge on any atom is 0.276 e. The zero-order valence-corrected chi connectivity index (χ0v) is 14.7. The van der Waals surface area contributed by atoms with Crippen LogP contribution in [-0.2, 0) is 12.2 Å². The number of nitrogens with zero attached hydrogens (tertiary/aromatic N) is 2. The lowest BCUT2D eigenvalue weighted by Crippen LogP contribution is -1.90. The molecule has 7 heteroatoms. The molecule has 1 aromatic heterocycles. The zero-order valence-electron chi connectivity index (χ0n) is 13.9. The summed E-state index contributed by atoms with van der Waals surface area (Å²) in [5, 5.41) is 8.53. The van der Waals surface area contributed by atoms with Gasteiger partial charge in [0.1, 0.15) is 5.75 Å². The summed E-state index contributed by atoms with van der Waals surface area (Å²) in [6.07, 6.45) is 0.550. The van der Waals surface area contributed by atoms with Crippen molar-refractivity contribution in [3.05, 3.63) is 65.3 Å². The van der Waals surface area contributed by atoms with Gasteiger partial charge in [-0.05, 0) is 35.4 Å². The lowest BCUT2D eigenvalue weighted by molar-refractivity contribution is 0.386. The second kappa shape index (κ2) is 8.02. The molecule has 3 rings (SSSR count). The Labute approximate surface area is 149 Å². The van der Waals surface area contributed by atoms with Crippen LogP contribution in [-0.4, -0.2) is 24.4 Å². The Morgan fingerprint density at radius 1 is 1.00 bits per heavy atom. The largest absolute Gasteiger partial charge is 0.497 e. The Bertz CT molecular complexity index is 837. The van der Waals surface area contributed by atoms with Gasteiger partial charge in [-0.1, -0.05) is 30.0 Å². The van der Waals surface area contributed by atoms with Gasteiger partial charge in [0.2, 0.25) is 5.89 Å². The zero-order chi connectivity index (χ0) is 17.6. The van der Waals surface area contributed by atoms with E-state index in [1.54, 1.807) is 13.2 Å². The minimum atomic E-state index is -0.383. The van der Waals surface area contributed by atoms with Crippen molar-refractivity contribution in [2.24, 2.45) is 0 Å².